The number of benzene rings is 1. The Morgan fingerprint density at radius 1 is 1.35 bits per heavy atom. The van der Waals surface area contributed by atoms with Gasteiger partial charge in [-0.2, -0.15) is 0 Å². The molecule has 0 saturated heterocycles. The smallest absolute Gasteiger partial charge is 0.0408 e. The van der Waals surface area contributed by atoms with E-state index in [9.17, 15) is 0 Å². The molecular formula is C15H22ClN. The van der Waals surface area contributed by atoms with E-state index in [1.54, 1.807) is 0 Å². The van der Waals surface area contributed by atoms with Crippen LogP contribution >= 0.6 is 11.6 Å². The van der Waals surface area contributed by atoms with Gasteiger partial charge < -0.3 is 5.32 Å². The first-order chi connectivity index (χ1) is 8.10. The third-order valence-corrected chi connectivity index (χ3v) is 4.00. The molecular weight excluding hydrogens is 230 g/mol. The Labute approximate surface area is 110 Å². The fourth-order valence-corrected chi connectivity index (χ4v) is 2.81. The molecule has 2 rings (SSSR count). The molecule has 1 fully saturated rings. The molecule has 0 spiro atoms. The maximum Gasteiger partial charge on any atom is 0.0408 e. The second kappa shape index (κ2) is 5.41. The van der Waals surface area contributed by atoms with Crippen LogP contribution in [0.2, 0.25) is 5.02 Å². The van der Waals surface area contributed by atoms with E-state index in [-0.39, 0.29) is 0 Å². The van der Waals surface area contributed by atoms with E-state index in [2.05, 4.69) is 37.4 Å². The predicted molar refractivity (Wildman–Crippen MR) is 74.6 cm³/mol. The van der Waals surface area contributed by atoms with Gasteiger partial charge in [0.25, 0.3) is 0 Å². The highest BCUT2D eigenvalue weighted by Crippen LogP contribution is 2.43. The number of halogens is 1. The highest BCUT2D eigenvalue weighted by molar-refractivity contribution is 6.30. The van der Waals surface area contributed by atoms with E-state index >= 15 is 0 Å². The number of nitrogens with one attached hydrogen (secondary N) is 1. The Morgan fingerprint density at radius 3 is 2.65 bits per heavy atom. The lowest BCUT2D eigenvalue weighted by Crippen LogP contribution is -2.43. The number of rotatable bonds is 5. The van der Waals surface area contributed by atoms with Crippen LogP contribution in [-0.2, 0) is 6.42 Å². The lowest BCUT2D eigenvalue weighted by molar-refractivity contribution is 0.127. The van der Waals surface area contributed by atoms with Crippen molar-refractivity contribution in [2.45, 2.75) is 45.6 Å². The first-order valence-electron chi connectivity index (χ1n) is 6.58. The van der Waals surface area contributed by atoms with Crippen molar-refractivity contribution in [3.63, 3.8) is 0 Å². The largest absolute Gasteiger partial charge is 0.314 e. The quantitative estimate of drug-likeness (QED) is 0.833. The van der Waals surface area contributed by atoms with Gasteiger partial charge in [0.15, 0.2) is 0 Å². The van der Waals surface area contributed by atoms with Crippen LogP contribution in [0, 0.1) is 5.41 Å². The average molecular weight is 252 g/mol. The zero-order valence-corrected chi connectivity index (χ0v) is 11.6. The molecule has 1 saturated carbocycles. The number of hydrogen-bond acceptors (Lipinski definition) is 1. The van der Waals surface area contributed by atoms with Crippen molar-refractivity contribution in [2.75, 3.05) is 6.54 Å². The van der Waals surface area contributed by atoms with Gasteiger partial charge in [0.05, 0.1) is 0 Å². The molecule has 0 amide bonds. The van der Waals surface area contributed by atoms with E-state index in [1.807, 2.05) is 6.07 Å². The second-order valence-electron chi connectivity index (χ2n) is 5.70. The van der Waals surface area contributed by atoms with Crippen molar-refractivity contribution >= 4 is 11.6 Å². The minimum atomic E-state index is 0.481. The van der Waals surface area contributed by atoms with Crippen molar-refractivity contribution in [2.24, 2.45) is 5.41 Å². The highest BCUT2D eigenvalue weighted by atomic mass is 35.5. The molecule has 17 heavy (non-hydrogen) atoms. The third-order valence-electron chi connectivity index (χ3n) is 3.77. The molecule has 94 valence electrons. The SMILES string of the molecule is CC(C)NCC1(Cc2cccc(Cl)c2)CCC1. The van der Waals surface area contributed by atoms with Crippen LogP contribution in [-0.4, -0.2) is 12.6 Å². The minimum Gasteiger partial charge on any atom is -0.314 e. The molecule has 0 unspecified atom stereocenters. The van der Waals surface area contributed by atoms with Gasteiger partial charge in [0, 0.05) is 17.6 Å². The minimum absolute atomic E-state index is 0.481. The number of hydrogen-bond donors (Lipinski definition) is 1. The lowest BCUT2D eigenvalue weighted by Gasteiger charge is -2.43. The van der Waals surface area contributed by atoms with Crippen LogP contribution in [0.3, 0.4) is 0 Å². The monoisotopic (exact) mass is 251 g/mol. The summed E-state index contributed by atoms with van der Waals surface area (Å²) in [5, 5.41) is 4.45. The van der Waals surface area contributed by atoms with Crippen LogP contribution in [0.4, 0.5) is 0 Å². The summed E-state index contributed by atoms with van der Waals surface area (Å²) in [5.74, 6) is 0. The Hall–Kier alpha value is -0.530. The summed E-state index contributed by atoms with van der Waals surface area (Å²) in [6.45, 7) is 5.56. The van der Waals surface area contributed by atoms with Crippen molar-refractivity contribution in [1.82, 2.24) is 5.32 Å². The van der Waals surface area contributed by atoms with Crippen molar-refractivity contribution < 1.29 is 0 Å². The Kier molecular flexibility index (Phi) is 4.11. The Morgan fingerprint density at radius 2 is 2.12 bits per heavy atom. The van der Waals surface area contributed by atoms with Crippen LogP contribution < -0.4 is 5.32 Å². The molecule has 1 aromatic rings. The second-order valence-corrected chi connectivity index (χ2v) is 6.13. The summed E-state index contributed by atoms with van der Waals surface area (Å²) < 4.78 is 0. The molecule has 1 aromatic carbocycles. The standard InChI is InChI=1S/C15H22ClN/c1-12(2)17-11-15(7-4-8-15)10-13-5-3-6-14(16)9-13/h3,5-6,9,12,17H,4,7-8,10-11H2,1-2H3. The van der Waals surface area contributed by atoms with Gasteiger partial charge in [0.2, 0.25) is 0 Å². The van der Waals surface area contributed by atoms with Crippen LogP contribution in [0.25, 0.3) is 0 Å². The zero-order chi connectivity index (χ0) is 12.3. The van der Waals surface area contributed by atoms with Crippen molar-refractivity contribution in [1.29, 1.82) is 0 Å². The van der Waals surface area contributed by atoms with Gasteiger partial charge in [-0.05, 0) is 42.4 Å². The van der Waals surface area contributed by atoms with Gasteiger partial charge in [-0.25, -0.2) is 0 Å². The molecule has 0 atom stereocenters. The molecule has 0 bridgehead atoms. The molecule has 0 heterocycles. The summed E-state index contributed by atoms with van der Waals surface area (Å²) >= 11 is 6.05. The van der Waals surface area contributed by atoms with Gasteiger partial charge in [-0.15, -0.1) is 0 Å². The molecule has 0 radical (unpaired) electrons. The summed E-state index contributed by atoms with van der Waals surface area (Å²) in [6, 6.07) is 8.88. The van der Waals surface area contributed by atoms with Crippen LogP contribution in [0.15, 0.2) is 24.3 Å². The van der Waals surface area contributed by atoms with Gasteiger partial charge in [-0.3, -0.25) is 0 Å². The molecule has 0 aliphatic heterocycles. The normalized spacial score (nSPS) is 18.1. The van der Waals surface area contributed by atoms with E-state index in [4.69, 9.17) is 11.6 Å². The molecule has 1 N–H and O–H groups in total. The summed E-state index contributed by atoms with van der Waals surface area (Å²) in [4.78, 5) is 0. The maximum atomic E-state index is 6.05. The predicted octanol–water partition coefficient (Wildman–Crippen LogP) is 4.05. The third kappa shape index (κ3) is 3.46. The van der Waals surface area contributed by atoms with E-state index in [1.165, 1.54) is 24.8 Å². The first kappa shape index (κ1) is 12.9. The topological polar surface area (TPSA) is 12.0 Å². The molecule has 1 aliphatic carbocycles. The molecule has 1 nitrogen and oxygen atoms in total. The first-order valence-corrected chi connectivity index (χ1v) is 6.95. The van der Waals surface area contributed by atoms with Gasteiger partial charge in [-0.1, -0.05) is 44.0 Å². The van der Waals surface area contributed by atoms with Crippen molar-refractivity contribution in [3.05, 3.63) is 34.9 Å². The summed E-state index contributed by atoms with van der Waals surface area (Å²) in [7, 11) is 0. The Bertz CT molecular complexity index is 369. The van der Waals surface area contributed by atoms with Crippen LogP contribution in [0.5, 0.6) is 0 Å². The van der Waals surface area contributed by atoms with E-state index in [0.29, 0.717) is 11.5 Å². The summed E-state index contributed by atoms with van der Waals surface area (Å²) in [5.41, 5.74) is 1.86. The van der Waals surface area contributed by atoms with E-state index < -0.39 is 0 Å². The summed E-state index contributed by atoms with van der Waals surface area (Å²) in [6.07, 6.45) is 5.23. The van der Waals surface area contributed by atoms with E-state index in [0.717, 1.165) is 18.0 Å². The fourth-order valence-electron chi connectivity index (χ4n) is 2.59. The molecule has 0 aromatic heterocycles. The van der Waals surface area contributed by atoms with Crippen molar-refractivity contribution in [3.8, 4) is 0 Å². The highest BCUT2D eigenvalue weighted by Gasteiger charge is 2.36. The zero-order valence-electron chi connectivity index (χ0n) is 10.8. The maximum absolute atomic E-state index is 6.05. The van der Waals surface area contributed by atoms with Gasteiger partial charge in [0.1, 0.15) is 0 Å². The fraction of sp³-hybridized carbons (Fsp3) is 0.600. The Balaban J connectivity index is 1.99. The lowest BCUT2D eigenvalue weighted by atomic mass is 9.65. The van der Waals surface area contributed by atoms with Crippen LogP contribution in [0.1, 0.15) is 38.7 Å². The molecule has 2 heteroatoms. The average Bonchev–Trinajstić information content (AvgIpc) is 2.21. The molecule has 1 aliphatic rings. The van der Waals surface area contributed by atoms with Gasteiger partial charge >= 0.3 is 0 Å².